The average molecular weight is 631 g/mol. The molecule has 0 fully saturated rings. The maximum atomic E-state index is 2.37. The minimum absolute atomic E-state index is 0.957. The predicted octanol–water partition coefficient (Wildman–Crippen LogP) is 13.2. The highest BCUT2D eigenvalue weighted by Gasteiger charge is 2.16. The largest absolute Gasteiger partial charge is 0.345 e. The Kier molecular flexibility index (Phi) is 8.13. The van der Waals surface area contributed by atoms with Gasteiger partial charge in [-0.15, -0.1) is 0 Å². The lowest BCUT2D eigenvalue weighted by atomic mass is 9.98. The number of hydrogen-bond donors (Lipinski definition) is 0. The lowest BCUT2D eigenvalue weighted by Gasteiger charge is -2.28. The molecule has 0 bridgehead atoms. The molecule has 49 heavy (non-hydrogen) atoms. The van der Waals surface area contributed by atoms with Gasteiger partial charge in [0.05, 0.1) is 0 Å². The first-order valence-corrected chi connectivity index (χ1v) is 17.0. The van der Waals surface area contributed by atoms with E-state index in [0.29, 0.717) is 0 Å². The van der Waals surface area contributed by atoms with Crippen LogP contribution in [-0.4, -0.2) is 7.05 Å². The number of benzene rings is 7. The highest BCUT2D eigenvalue weighted by Crippen LogP contribution is 2.39. The molecule has 0 aliphatic heterocycles. The van der Waals surface area contributed by atoms with Crippen LogP contribution < -0.4 is 9.80 Å². The van der Waals surface area contributed by atoms with Crippen LogP contribution in [0.15, 0.2) is 188 Å². The summed E-state index contributed by atoms with van der Waals surface area (Å²) < 4.78 is 0. The Morgan fingerprint density at radius 2 is 1.02 bits per heavy atom. The number of anilines is 5. The highest BCUT2D eigenvalue weighted by atomic mass is 15.1. The smallest absolute Gasteiger partial charge is 0.0467 e. The topological polar surface area (TPSA) is 6.48 Å². The zero-order valence-corrected chi connectivity index (χ0v) is 27.9. The van der Waals surface area contributed by atoms with E-state index >= 15 is 0 Å². The molecule has 0 spiro atoms. The summed E-state index contributed by atoms with van der Waals surface area (Å²) >= 11 is 0. The molecule has 0 saturated carbocycles. The second-order valence-corrected chi connectivity index (χ2v) is 12.8. The first kappa shape index (κ1) is 30.2. The zero-order valence-electron chi connectivity index (χ0n) is 27.9. The third kappa shape index (κ3) is 6.17. The molecule has 0 heterocycles. The Balaban J connectivity index is 1.18. The average Bonchev–Trinajstić information content (AvgIpc) is 3.38. The van der Waals surface area contributed by atoms with Gasteiger partial charge in [-0.05, 0) is 130 Å². The Bertz CT molecular complexity index is 2380. The molecular formula is C47H38N2. The standard InChI is InChI=1S/C47H38N2/c1-34-13-5-3-8-22-47(34)40-19-12-21-46(32-40)49(45-20-11-18-38(31-45)35-14-6-4-7-15-35)43-27-25-42(26-28-43)48(2)44-24-23-39-29-36-16-9-10-17-37(36)30-41(39)33-44/h3-12,14-33H,13H2,1-2H3. The van der Waals surface area contributed by atoms with Gasteiger partial charge in [0, 0.05) is 35.5 Å². The van der Waals surface area contributed by atoms with Crippen LogP contribution in [0.25, 0.3) is 38.2 Å². The van der Waals surface area contributed by atoms with E-state index in [1.807, 2.05) is 0 Å². The molecule has 1 aliphatic rings. The predicted molar refractivity (Wildman–Crippen MR) is 212 cm³/mol. The van der Waals surface area contributed by atoms with Gasteiger partial charge in [-0.25, -0.2) is 0 Å². The molecule has 7 aromatic carbocycles. The van der Waals surface area contributed by atoms with Gasteiger partial charge < -0.3 is 9.80 Å². The normalized spacial score (nSPS) is 12.8. The fraction of sp³-hybridized carbons (Fsp3) is 0.0638. The van der Waals surface area contributed by atoms with Crippen LogP contribution in [-0.2, 0) is 0 Å². The molecule has 0 atom stereocenters. The van der Waals surface area contributed by atoms with E-state index in [1.165, 1.54) is 49.4 Å². The number of fused-ring (bicyclic) bond motifs is 2. The summed E-state index contributed by atoms with van der Waals surface area (Å²) in [6.45, 7) is 2.23. The van der Waals surface area contributed by atoms with Crippen molar-refractivity contribution in [2.45, 2.75) is 13.3 Å². The molecule has 0 N–H and O–H groups in total. The maximum Gasteiger partial charge on any atom is 0.0467 e. The van der Waals surface area contributed by atoms with Crippen molar-refractivity contribution in [2.24, 2.45) is 0 Å². The number of hydrogen-bond acceptors (Lipinski definition) is 2. The summed E-state index contributed by atoms with van der Waals surface area (Å²) in [5.74, 6) is 0. The molecular weight excluding hydrogens is 593 g/mol. The van der Waals surface area contributed by atoms with Crippen LogP contribution in [0.5, 0.6) is 0 Å². The van der Waals surface area contributed by atoms with E-state index in [0.717, 1.165) is 34.9 Å². The van der Waals surface area contributed by atoms with E-state index in [2.05, 4.69) is 206 Å². The lowest BCUT2D eigenvalue weighted by molar-refractivity contribution is 1.20. The Morgan fingerprint density at radius 1 is 0.429 bits per heavy atom. The Morgan fingerprint density at radius 3 is 1.78 bits per heavy atom. The van der Waals surface area contributed by atoms with Gasteiger partial charge in [0.1, 0.15) is 0 Å². The van der Waals surface area contributed by atoms with Gasteiger partial charge in [-0.1, -0.05) is 115 Å². The van der Waals surface area contributed by atoms with E-state index in [4.69, 9.17) is 0 Å². The van der Waals surface area contributed by atoms with Crippen molar-refractivity contribution in [3.8, 4) is 11.1 Å². The fourth-order valence-corrected chi connectivity index (χ4v) is 6.90. The third-order valence-electron chi connectivity index (χ3n) is 9.59. The summed E-state index contributed by atoms with van der Waals surface area (Å²) in [5.41, 5.74) is 11.9. The molecule has 0 saturated heterocycles. The van der Waals surface area contributed by atoms with E-state index in [1.54, 1.807) is 0 Å². The molecule has 2 heteroatoms. The number of allylic oxidation sites excluding steroid dienone is 6. The molecule has 8 rings (SSSR count). The van der Waals surface area contributed by atoms with Crippen LogP contribution in [0.2, 0.25) is 0 Å². The van der Waals surface area contributed by atoms with E-state index in [9.17, 15) is 0 Å². The van der Waals surface area contributed by atoms with Gasteiger partial charge in [0.15, 0.2) is 0 Å². The Labute approximate surface area is 289 Å². The quantitative estimate of drug-likeness (QED) is 0.162. The molecule has 0 aromatic heterocycles. The van der Waals surface area contributed by atoms with Gasteiger partial charge in [0.25, 0.3) is 0 Å². The zero-order chi connectivity index (χ0) is 33.2. The van der Waals surface area contributed by atoms with Crippen molar-refractivity contribution in [1.82, 2.24) is 0 Å². The molecule has 7 aromatic rings. The second-order valence-electron chi connectivity index (χ2n) is 12.8. The molecule has 0 amide bonds. The highest BCUT2D eigenvalue weighted by molar-refractivity contribution is 5.99. The van der Waals surface area contributed by atoms with E-state index < -0.39 is 0 Å². The molecule has 1 aliphatic carbocycles. The second kappa shape index (κ2) is 13.2. The van der Waals surface area contributed by atoms with Crippen LogP contribution in [0, 0.1) is 0 Å². The monoisotopic (exact) mass is 630 g/mol. The van der Waals surface area contributed by atoms with Crippen molar-refractivity contribution in [3.63, 3.8) is 0 Å². The molecule has 0 radical (unpaired) electrons. The van der Waals surface area contributed by atoms with Crippen molar-refractivity contribution < 1.29 is 0 Å². The Hall–Kier alpha value is -6.12. The van der Waals surface area contributed by atoms with Crippen molar-refractivity contribution in [2.75, 3.05) is 16.8 Å². The van der Waals surface area contributed by atoms with Crippen LogP contribution >= 0.6 is 0 Å². The molecule has 236 valence electrons. The van der Waals surface area contributed by atoms with Crippen LogP contribution in [0.4, 0.5) is 28.4 Å². The van der Waals surface area contributed by atoms with E-state index in [-0.39, 0.29) is 0 Å². The van der Waals surface area contributed by atoms with Crippen molar-refractivity contribution in [1.29, 1.82) is 0 Å². The first-order chi connectivity index (χ1) is 24.1. The van der Waals surface area contributed by atoms with Crippen molar-refractivity contribution in [3.05, 3.63) is 193 Å². The summed E-state index contributed by atoms with van der Waals surface area (Å²) in [4.78, 5) is 4.64. The van der Waals surface area contributed by atoms with Gasteiger partial charge >= 0.3 is 0 Å². The summed E-state index contributed by atoms with van der Waals surface area (Å²) in [6.07, 6.45) is 9.70. The lowest BCUT2D eigenvalue weighted by Crippen LogP contribution is -2.12. The van der Waals surface area contributed by atoms with Crippen LogP contribution in [0.3, 0.4) is 0 Å². The van der Waals surface area contributed by atoms with Gasteiger partial charge in [-0.2, -0.15) is 0 Å². The minimum atomic E-state index is 0.957. The van der Waals surface area contributed by atoms with Gasteiger partial charge in [-0.3, -0.25) is 0 Å². The van der Waals surface area contributed by atoms with Crippen LogP contribution in [0.1, 0.15) is 18.9 Å². The van der Waals surface area contributed by atoms with Crippen molar-refractivity contribution >= 4 is 55.6 Å². The molecule has 2 nitrogen and oxygen atoms in total. The SMILES string of the molecule is CC1=C(c2cccc(N(c3ccc(N(C)c4ccc5cc6ccccc6cc5c4)cc3)c3cccc(-c4ccccc4)c3)c2)C=CC=CC1. The minimum Gasteiger partial charge on any atom is -0.345 e. The molecule has 0 unspecified atom stereocenters. The number of rotatable bonds is 7. The third-order valence-corrected chi connectivity index (χ3v) is 9.59. The fourth-order valence-electron chi connectivity index (χ4n) is 6.90. The van der Waals surface area contributed by atoms with Gasteiger partial charge in [0.2, 0.25) is 0 Å². The summed E-state index contributed by atoms with van der Waals surface area (Å²) in [5, 5.41) is 5.03. The summed E-state index contributed by atoms with van der Waals surface area (Å²) in [7, 11) is 2.15. The summed E-state index contributed by atoms with van der Waals surface area (Å²) in [6, 6.07) is 57.2. The maximum absolute atomic E-state index is 2.37. The number of nitrogens with zero attached hydrogens (tertiary/aromatic N) is 2. The first-order valence-electron chi connectivity index (χ1n) is 17.0.